The maximum atomic E-state index is 12.6. The maximum absolute atomic E-state index is 12.6. The molecule has 0 radical (unpaired) electrons. The minimum atomic E-state index is -0.221. The molecular formula is C18H24N4O2S. The lowest BCUT2D eigenvalue weighted by Gasteiger charge is -2.23. The highest BCUT2D eigenvalue weighted by molar-refractivity contribution is 7.13. The third-order valence-electron chi connectivity index (χ3n) is 3.60. The first kappa shape index (κ1) is 19.1. The lowest BCUT2D eigenvalue weighted by atomic mass is 10.1. The highest BCUT2D eigenvalue weighted by Crippen LogP contribution is 2.10. The Morgan fingerprint density at radius 2 is 1.92 bits per heavy atom. The first-order valence-electron chi connectivity index (χ1n) is 8.20. The minimum absolute atomic E-state index is 0.0404. The summed E-state index contributed by atoms with van der Waals surface area (Å²) >= 11 is 1.36. The van der Waals surface area contributed by atoms with Crippen molar-refractivity contribution in [2.75, 3.05) is 39.0 Å². The number of nitrogens with one attached hydrogen (secondary N) is 1. The van der Waals surface area contributed by atoms with Gasteiger partial charge in [-0.05, 0) is 32.6 Å². The van der Waals surface area contributed by atoms with Crippen molar-refractivity contribution >= 4 is 28.3 Å². The average Bonchev–Trinajstić information content (AvgIpc) is 3.07. The van der Waals surface area contributed by atoms with Crippen LogP contribution in [0, 0.1) is 0 Å². The summed E-state index contributed by atoms with van der Waals surface area (Å²) in [6.07, 6.45) is 2.75. The number of amides is 2. The van der Waals surface area contributed by atoms with E-state index in [0.717, 1.165) is 18.5 Å². The average molecular weight is 360 g/mol. The van der Waals surface area contributed by atoms with Crippen molar-refractivity contribution in [1.29, 1.82) is 0 Å². The van der Waals surface area contributed by atoms with E-state index in [-0.39, 0.29) is 18.4 Å². The quantitative estimate of drug-likeness (QED) is 0.744. The standard InChI is InChI=1S/C18H24N4O2S/c1-21(2)10-6-11-22(14-16(23)20-18-19-9-12-25-18)17(24)13-15-7-4-3-5-8-15/h3-5,7-9,12H,6,10-11,13-14H2,1-2H3,(H,19,20,23). The second-order valence-corrected chi connectivity index (χ2v) is 6.91. The number of hydrogen-bond acceptors (Lipinski definition) is 5. The van der Waals surface area contributed by atoms with Gasteiger partial charge in [0.05, 0.1) is 13.0 Å². The Kier molecular flexibility index (Phi) is 7.56. The van der Waals surface area contributed by atoms with Crippen molar-refractivity contribution < 1.29 is 9.59 Å². The van der Waals surface area contributed by atoms with Crippen LogP contribution in [0.4, 0.5) is 5.13 Å². The number of hydrogen-bond donors (Lipinski definition) is 1. The normalized spacial score (nSPS) is 10.7. The molecule has 6 nitrogen and oxygen atoms in total. The molecule has 0 spiro atoms. The summed E-state index contributed by atoms with van der Waals surface area (Å²) < 4.78 is 0. The van der Waals surface area contributed by atoms with E-state index in [2.05, 4.69) is 15.2 Å². The highest BCUT2D eigenvalue weighted by atomic mass is 32.1. The first-order valence-corrected chi connectivity index (χ1v) is 9.08. The van der Waals surface area contributed by atoms with Gasteiger partial charge < -0.3 is 15.1 Å². The summed E-state index contributed by atoms with van der Waals surface area (Å²) in [5, 5.41) is 5.08. The van der Waals surface area contributed by atoms with Gasteiger partial charge in [-0.1, -0.05) is 30.3 Å². The molecule has 0 unspecified atom stereocenters. The molecule has 0 aliphatic rings. The van der Waals surface area contributed by atoms with Gasteiger partial charge >= 0.3 is 0 Å². The zero-order valence-corrected chi connectivity index (χ0v) is 15.5. The van der Waals surface area contributed by atoms with Crippen molar-refractivity contribution in [3.05, 3.63) is 47.5 Å². The van der Waals surface area contributed by atoms with E-state index in [9.17, 15) is 9.59 Å². The number of carbonyl (C=O) groups is 2. The topological polar surface area (TPSA) is 65.5 Å². The second kappa shape index (κ2) is 9.90. The summed E-state index contributed by atoms with van der Waals surface area (Å²) in [6.45, 7) is 1.46. The molecule has 1 N–H and O–H groups in total. The van der Waals surface area contributed by atoms with E-state index < -0.39 is 0 Å². The van der Waals surface area contributed by atoms with Crippen LogP contribution in [0.3, 0.4) is 0 Å². The molecule has 0 atom stereocenters. The lowest BCUT2D eigenvalue weighted by Crippen LogP contribution is -2.40. The Labute approximate surface area is 152 Å². The third kappa shape index (κ3) is 7.03. The number of carbonyl (C=O) groups excluding carboxylic acids is 2. The number of nitrogens with zero attached hydrogens (tertiary/aromatic N) is 3. The SMILES string of the molecule is CN(C)CCCN(CC(=O)Nc1nccs1)C(=O)Cc1ccccc1. The van der Waals surface area contributed by atoms with Crippen LogP contribution >= 0.6 is 11.3 Å². The Balaban J connectivity index is 1.95. The molecule has 134 valence electrons. The van der Waals surface area contributed by atoms with E-state index in [1.54, 1.807) is 16.5 Å². The fourth-order valence-corrected chi connectivity index (χ4v) is 2.91. The van der Waals surface area contributed by atoms with Crippen LogP contribution in [0.1, 0.15) is 12.0 Å². The number of thiazole rings is 1. The van der Waals surface area contributed by atoms with Crippen LogP contribution in [-0.2, 0) is 16.0 Å². The van der Waals surface area contributed by atoms with Crippen LogP contribution in [0.2, 0.25) is 0 Å². The minimum Gasteiger partial charge on any atom is -0.333 e. The lowest BCUT2D eigenvalue weighted by molar-refractivity contribution is -0.134. The van der Waals surface area contributed by atoms with Crippen LogP contribution in [0.25, 0.3) is 0 Å². The smallest absolute Gasteiger partial charge is 0.245 e. The summed E-state index contributed by atoms with van der Waals surface area (Å²) in [5.41, 5.74) is 0.949. The summed E-state index contributed by atoms with van der Waals surface area (Å²) in [6, 6.07) is 9.59. The summed E-state index contributed by atoms with van der Waals surface area (Å²) in [4.78, 5) is 32.6. The predicted molar refractivity (Wildman–Crippen MR) is 101 cm³/mol. The van der Waals surface area contributed by atoms with E-state index in [4.69, 9.17) is 0 Å². The molecule has 2 aromatic rings. The fraction of sp³-hybridized carbons (Fsp3) is 0.389. The van der Waals surface area contributed by atoms with E-state index in [1.165, 1.54) is 11.3 Å². The largest absolute Gasteiger partial charge is 0.333 e. The maximum Gasteiger partial charge on any atom is 0.245 e. The first-order chi connectivity index (χ1) is 12.0. The summed E-state index contributed by atoms with van der Waals surface area (Å²) in [5.74, 6) is -0.263. The van der Waals surface area contributed by atoms with Crippen molar-refractivity contribution in [2.24, 2.45) is 0 Å². The van der Waals surface area contributed by atoms with Gasteiger partial charge in [0.25, 0.3) is 0 Å². The van der Waals surface area contributed by atoms with E-state index >= 15 is 0 Å². The number of rotatable bonds is 9. The van der Waals surface area contributed by atoms with Gasteiger partial charge in [-0.25, -0.2) is 4.98 Å². The van der Waals surface area contributed by atoms with Crippen LogP contribution in [-0.4, -0.2) is 60.3 Å². The predicted octanol–water partition coefficient (Wildman–Crippen LogP) is 2.10. The van der Waals surface area contributed by atoms with Gasteiger partial charge in [0.1, 0.15) is 0 Å². The molecule has 0 saturated carbocycles. The second-order valence-electron chi connectivity index (χ2n) is 6.02. The van der Waals surface area contributed by atoms with Gasteiger partial charge in [0, 0.05) is 18.1 Å². The van der Waals surface area contributed by atoms with Gasteiger partial charge in [0.15, 0.2) is 5.13 Å². The van der Waals surface area contributed by atoms with E-state index in [0.29, 0.717) is 18.1 Å². The molecule has 1 aromatic heterocycles. The van der Waals surface area contributed by atoms with Crippen molar-refractivity contribution in [1.82, 2.24) is 14.8 Å². The van der Waals surface area contributed by atoms with Crippen LogP contribution in [0.15, 0.2) is 41.9 Å². The molecule has 2 rings (SSSR count). The Morgan fingerprint density at radius 3 is 2.56 bits per heavy atom. The molecule has 1 aromatic carbocycles. The molecule has 0 aliphatic carbocycles. The van der Waals surface area contributed by atoms with Crippen molar-refractivity contribution in [3.8, 4) is 0 Å². The molecular weight excluding hydrogens is 336 g/mol. The summed E-state index contributed by atoms with van der Waals surface area (Å²) in [7, 11) is 3.98. The molecule has 0 bridgehead atoms. The van der Waals surface area contributed by atoms with Gasteiger partial charge in [-0.15, -0.1) is 11.3 Å². The molecule has 0 fully saturated rings. The fourth-order valence-electron chi connectivity index (χ4n) is 2.37. The highest BCUT2D eigenvalue weighted by Gasteiger charge is 2.18. The van der Waals surface area contributed by atoms with Crippen molar-refractivity contribution in [2.45, 2.75) is 12.8 Å². The molecule has 1 heterocycles. The van der Waals surface area contributed by atoms with Gasteiger partial charge in [-0.2, -0.15) is 0 Å². The molecule has 7 heteroatoms. The molecule has 2 amide bonds. The number of aromatic nitrogens is 1. The molecule has 25 heavy (non-hydrogen) atoms. The Bertz CT molecular complexity index is 659. The van der Waals surface area contributed by atoms with Crippen LogP contribution in [0.5, 0.6) is 0 Å². The molecule has 0 saturated heterocycles. The third-order valence-corrected chi connectivity index (χ3v) is 4.29. The number of benzene rings is 1. The Morgan fingerprint density at radius 1 is 1.16 bits per heavy atom. The van der Waals surface area contributed by atoms with E-state index in [1.807, 2.05) is 44.4 Å². The zero-order valence-electron chi connectivity index (χ0n) is 14.6. The monoisotopic (exact) mass is 360 g/mol. The number of anilines is 1. The zero-order chi connectivity index (χ0) is 18.1. The van der Waals surface area contributed by atoms with Gasteiger partial charge in [0.2, 0.25) is 11.8 Å². The van der Waals surface area contributed by atoms with Crippen molar-refractivity contribution in [3.63, 3.8) is 0 Å². The van der Waals surface area contributed by atoms with Gasteiger partial charge in [-0.3, -0.25) is 9.59 Å². The van der Waals surface area contributed by atoms with Crippen LogP contribution < -0.4 is 5.32 Å². The molecule has 0 aliphatic heterocycles. The Hall–Kier alpha value is -2.25.